The number of hydrogen-bond donors (Lipinski definition) is 3. The number of nitrogens with two attached hydrogens (primary N) is 1. The van der Waals surface area contributed by atoms with Crippen LogP contribution in [0.2, 0.25) is 0 Å². The van der Waals surface area contributed by atoms with Crippen LogP contribution >= 0.6 is 7.52 Å². The van der Waals surface area contributed by atoms with Crippen LogP contribution in [0.15, 0.2) is 30.3 Å². The van der Waals surface area contributed by atoms with Crippen LogP contribution in [0.5, 0.6) is 0 Å². The minimum Gasteiger partial charge on any atom is -0.330 e. The Hall–Kier alpha value is -1.53. The van der Waals surface area contributed by atoms with Crippen LogP contribution in [0, 0.1) is 5.92 Å². The molecule has 0 aromatic heterocycles. The number of carbonyl (C=O) groups excluding carboxylic acids is 2. The summed E-state index contributed by atoms with van der Waals surface area (Å²) >= 11 is 0. The lowest BCUT2D eigenvalue weighted by Crippen LogP contribution is -2.48. The summed E-state index contributed by atoms with van der Waals surface area (Å²) < 4.78 is 18.8. The van der Waals surface area contributed by atoms with Crippen molar-refractivity contribution in [2.75, 3.05) is 19.3 Å². The second-order valence-corrected chi connectivity index (χ2v) is 9.37. The second-order valence-electron chi connectivity index (χ2n) is 7.06. The van der Waals surface area contributed by atoms with Crippen LogP contribution in [-0.2, 0) is 25.1 Å². The van der Waals surface area contributed by atoms with Crippen LogP contribution in [0.4, 0.5) is 0 Å². The molecule has 2 amide bonds. The maximum absolute atomic E-state index is 13.2. The maximum atomic E-state index is 13.2. The molecule has 8 heteroatoms. The third-order valence-corrected chi connectivity index (χ3v) is 6.52. The van der Waals surface area contributed by atoms with Gasteiger partial charge < -0.3 is 10.3 Å². The van der Waals surface area contributed by atoms with Crippen LogP contribution in [0.1, 0.15) is 45.6 Å². The molecule has 2 atom stereocenters. The predicted octanol–water partition coefficient (Wildman–Crippen LogP) is 2.84. The van der Waals surface area contributed by atoms with Gasteiger partial charge in [-0.25, -0.2) is 5.09 Å². The van der Waals surface area contributed by atoms with Crippen LogP contribution in [0.25, 0.3) is 0 Å². The van der Waals surface area contributed by atoms with Crippen molar-refractivity contribution in [2.45, 2.75) is 52.5 Å². The molecule has 1 unspecified atom stereocenters. The van der Waals surface area contributed by atoms with Crippen molar-refractivity contribution < 1.29 is 18.7 Å². The highest BCUT2D eigenvalue weighted by Crippen LogP contribution is 2.44. The van der Waals surface area contributed by atoms with Gasteiger partial charge in [0.15, 0.2) is 0 Å². The van der Waals surface area contributed by atoms with Crippen molar-refractivity contribution in [3.63, 3.8) is 0 Å². The first-order valence-corrected chi connectivity index (χ1v) is 11.7. The zero-order valence-corrected chi connectivity index (χ0v) is 18.0. The van der Waals surface area contributed by atoms with E-state index < -0.39 is 25.4 Å². The monoisotopic (exact) mass is 411 g/mol. The molecule has 0 fully saturated rings. The Morgan fingerprint density at radius 1 is 1.18 bits per heavy atom. The lowest BCUT2D eigenvalue weighted by Gasteiger charge is -2.27. The van der Waals surface area contributed by atoms with Crippen molar-refractivity contribution in [3.8, 4) is 0 Å². The summed E-state index contributed by atoms with van der Waals surface area (Å²) in [5.41, 5.74) is 6.58. The maximum Gasteiger partial charge on any atom is 0.270 e. The number of nitrogens with one attached hydrogen (secondary N) is 2. The fourth-order valence-electron chi connectivity index (χ4n) is 2.80. The fourth-order valence-corrected chi connectivity index (χ4v) is 5.03. The number of unbranched alkanes of at least 4 members (excludes halogenated alkanes) is 1. The van der Waals surface area contributed by atoms with E-state index in [1.807, 2.05) is 32.0 Å². The number of amides is 2. The third-order valence-electron chi connectivity index (χ3n) is 4.27. The molecule has 4 N–H and O–H groups in total. The molecule has 0 saturated heterocycles. The number of benzene rings is 1. The van der Waals surface area contributed by atoms with Gasteiger partial charge in [0.25, 0.3) is 7.52 Å². The van der Waals surface area contributed by atoms with Crippen molar-refractivity contribution >= 4 is 19.3 Å². The Balaban J connectivity index is 2.67. The molecule has 0 aliphatic heterocycles. The minimum atomic E-state index is -3.21. The number of aryl methyl sites for hydroxylation is 1. The van der Waals surface area contributed by atoms with Gasteiger partial charge in [-0.05, 0) is 37.7 Å². The Morgan fingerprint density at radius 2 is 1.86 bits per heavy atom. The van der Waals surface area contributed by atoms with Crippen molar-refractivity contribution in [1.82, 2.24) is 10.4 Å². The fraction of sp³-hybridized carbons (Fsp3) is 0.600. The molecule has 1 aromatic carbocycles. The Labute approximate surface area is 168 Å². The standard InChI is InChI=1S/C20H34N3O4P/c1-4-27-28(26,15-9-8-12-17-10-6-5-7-11-17)23-19(16(2)3)20(25)22-18(24)13-14-21/h5-7,10-11,16,19H,4,8-9,12-15,21H2,1-3H3,(H,23,26)(H,22,24,25)/t19-,28?/m0/s1. The van der Waals surface area contributed by atoms with E-state index in [9.17, 15) is 14.2 Å². The first kappa shape index (κ1) is 24.5. The molecule has 0 saturated carbocycles. The van der Waals surface area contributed by atoms with Gasteiger partial charge in [-0.1, -0.05) is 44.2 Å². The van der Waals surface area contributed by atoms with Crippen molar-refractivity contribution in [1.29, 1.82) is 0 Å². The molecule has 0 heterocycles. The number of carbonyl (C=O) groups is 2. The van der Waals surface area contributed by atoms with Gasteiger partial charge in [0, 0.05) is 19.1 Å². The topological polar surface area (TPSA) is 111 Å². The normalized spacial score (nSPS) is 14.5. The molecule has 0 aliphatic rings. The summed E-state index contributed by atoms with van der Waals surface area (Å²) in [6.45, 7) is 5.87. The molecule has 28 heavy (non-hydrogen) atoms. The zero-order chi connectivity index (χ0) is 21.0. The van der Waals surface area contributed by atoms with E-state index in [-0.39, 0.29) is 25.5 Å². The number of hydrogen-bond acceptors (Lipinski definition) is 5. The molecule has 0 spiro atoms. The predicted molar refractivity (Wildman–Crippen MR) is 112 cm³/mol. The quantitative estimate of drug-likeness (QED) is 0.340. The van der Waals surface area contributed by atoms with Gasteiger partial charge in [-0.15, -0.1) is 0 Å². The van der Waals surface area contributed by atoms with E-state index >= 15 is 0 Å². The van der Waals surface area contributed by atoms with Crippen LogP contribution < -0.4 is 16.1 Å². The molecule has 1 rings (SSSR count). The van der Waals surface area contributed by atoms with Crippen LogP contribution in [0.3, 0.4) is 0 Å². The highest BCUT2D eigenvalue weighted by Gasteiger charge is 2.32. The van der Waals surface area contributed by atoms with E-state index in [2.05, 4.69) is 22.5 Å². The van der Waals surface area contributed by atoms with Crippen molar-refractivity contribution in [2.24, 2.45) is 11.7 Å². The molecule has 0 radical (unpaired) electrons. The summed E-state index contributed by atoms with van der Waals surface area (Å²) in [6, 6.07) is 9.33. The first-order valence-electron chi connectivity index (χ1n) is 9.90. The van der Waals surface area contributed by atoms with E-state index in [0.717, 1.165) is 12.8 Å². The summed E-state index contributed by atoms with van der Waals surface area (Å²) in [6.07, 6.45) is 2.88. The Kier molecular flexibility index (Phi) is 11.2. The highest BCUT2D eigenvalue weighted by molar-refractivity contribution is 7.56. The summed E-state index contributed by atoms with van der Waals surface area (Å²) in [4.78, 5) is 24.1. The largest absolute Gasteiger partial charge is 0.330 e. The van der Waals surface area contributed by atoms with Gasteiger partial charge in [0.05, 0.1) is 12.6 Å². The molecular weight excluding hydrogens is 377 g/mol. The second kappa shape index (κ2) is 12.8. The molecule has 7 nitrogen and oxygen atoms in total. The SMILES string of the molecule is CCOP(=O)(CCCCc1ccccc1)N[C@H](C(=O)NC(=O)CCN)C(C)C. The Morgan fingerprint density at radius 3 is 2.43 bits per heavy atom. The number of rotatable bonds is 13. The molecule has 158 valence electrons. The molecular formula is C20H34N3O4P. The zero-order valence-electron chi connectivity index (χ0n) is 17.1. The summed E-state index contributed by atoms with van der Waals surface area (Å²) in [7, 11) is -3.21. The van der Waals surface area contributed by atoms with Crippen molar-refractivity contribution in [3.05, 3.63) is 35.9 Å². The summed E-state index contributed by atoms with van der Waals surface area (Å²) in [5.74, 6) is -1.10. The number of imide groups is 1. The van der Waals surface area contributed by atoms with Gasteiger partial charge in [0.1, 0.15) is 0 Å². The summed E-state index contributed by atoms with van der Waals surface area (Å²) in [5, 5.41) is 5.23. The van der Waals surface area contributed by atoms with E-state index in [1.54, 1.807) is 6.92 Å². The van der Waals surface area contributed by atoms with E-state index in [0.29, 0.717) is 12.6 Å². The highest BCUT2D eigenvalue weighted by atomic mass is 31.2. The van der Waals surface area contributed by atoms with Gasteiger partial charge >= 0.3 is 0 Å². The van der Waals surface area contributed by atoms with Gasteiger partial charge in [-0.2, -0.15) is 0 Å². The molecule has 0 bridgehead atoms. The third kappa shape index (κ3) is 9.11. The lowest BCUT2D eigenvalue weighted by atomic mass is 10.1. The van der Waals surface area contributed by atoms with Gasteiger partial charge in [-0.3, -0.25) is 19.5 Å². The van der Waals surface area contributed by atoms with Gasteiger partial charge in [0.2, 0.25) is 11.8 Å². The molecule has 1 aromatic rings. The molecule has 0 aliphatic carbocycles. The Bertz CT molecular complexity index is 652. The minimum absolute atomic E-state index is 0.0686. The lowest BCUT2D eigenvalue weighted by molar-refractivity contribution is -0.131. The average molecular weight is 411 g/mol. The van der Waals surface area contributed by atoms with E-state index in [4.69, 9.17) is 10.3 Å². The first-order chi connectivity index (χ1) is 13.3. The average Bonchev–Trinajstić information content (AvgIpc) is 2.64. The van der Waals surface area contributed by atoms with Crippen LogP contribution in [-0.4, -0.2) is 37.2 Å². The smallest absolute Gasteiger partial charge is 0.270 e. The van der Waals surface area contributed by atoms with E-state index in [1.165, 1.54) is 5.56 Å².